The number of benzene rings is 1. The Bertz CT molecular complexity index is 663. The lowest BCUT2D eigenvalue weighted by atomic mass is 9.96. The third kappa shape index (κ3) is 3.43. The van der Waals surface area contributed by atoms with Crippen LogP contribution in [-0.4, -0.2) is 67.9 Å². The summed E-state index contributed by atoms with van der Waals surface area (Å²) in [6, 6.07) is 7.15. The van der Waals surface area contributed by atoms with Gasteiger partial charge >= 0.3 is 0 Å². The molecule has 1 aliphatic rings. The molecule has 0 aliphatic carbocycles. The van der Waals surface area contributed by atoms with Crippen LogP contribution in [0.4, 0.5) is 5.69 Å². The number of ketones is 1. The Balaban J connectivity index is 2.42. The van der Waals surface area contributed by atoms with Gasteiger partial charge in [0.25, 0.3) is 5.91 Å². The van der Waals surface area contributed by atoms with Gasteiger partial charge in [-0.1, -0.05) is 12.1 Å². The number of amides is 1. The zero-order valence-electron chi connectivity index (χ0n) is 14.9. The molecule has 0 saturated carbocycles. The van der Waals surface area contributed by atoms with E-state index in [2.05, 4.69) is 0 Å². The van der Waals surface area contributed by atoms with Crippen LogP contribution in [0.15, 0.2) is 35.6 Å². The van der Waals surface area contributed by atoms with Gasteiger partial charge in [-0.05, 0) is 38.7 Å². The number of carbonyl (C=O) groups is 2. The molecule has 24 heavy (non-hydrogen) atoms. The topological polar surface area (TPSA) is 64.1 Å². The predicted molar refractivity (Wildman–Crippen MR) is 94.1 cm³/mol. The van der Waals surface area contributed by atoms with Crippen molar-refractivity contribution in [2.75, 3.05) is 46.2 Å². The van der Waals surface area contributed by atoms with E-state index < -0.39 is 17.7 Å². The Morgan fingerprint density at radius 1 is 1.17 bits per heavy atom. The van der Waals surface area contributed by atoms with Gasteiger partial charge in [0.1, 0.15) is 0 Å². The first-order valence-corrected chi connectivity index (χ1v) is 7.91. The number of aliphatic hydroxyl groups excluding tert-OH is 1. The molecule has 1 amide bonds. The number of hydrogen-bond donors (Lipinski definition) is 1. The van der Waals surface area contributed by atoms with Crippen molar-refractivity contribution in [1.29, 1.82) is 0 Å². The highest BCUT2D eigenvalue weighted by Crippen LogP contribution is 2.37. The summed E-state index contributed by atoms with van der Waals surface area (Å²) in [5.74, 6) is -1.19. The molecule has 1 aliphatic heterocycles. The highest BCUT2D eigenvalue weighted by Gasteiger charge is 2.42. The van der Waals surface area contributed by atoms with Crippen molar-refractivity contribution in [3.8, 4) is 0 Å². The maximum absolute atomic E-state index is 12.4. The van der Waals surface area contributed by atoms with Crippen LogP contribution in [-0.2, 0) is 9.59 Å². The average molecular weight is 331 g/mol. The smallest absolute Gasteiger partial charge is 0.290 e. The molecule has 1 aromatic carbocycles. The van der Waals surface area contributed by atoms with Crippen LogP contribution in [0.3, 0.4) is 0 Å². The monoisotopic (exact) mass is 331 g/mol. The van der Waals surface area contributed by atoms with E-state index in [4.69, 9.17) is 0 Å². The molecule has 130 valence electrons. The highest BCUT2D eigenvalue weighted by atomic mass is 16.3. The summed E-state index contributed by atoms with van der Waals surface area (Å²) in [5, 5.41) is 10.2. The van der Waals surface area contributed by atoms with E-state index >= 15 is 0 Å². The number of likely N-dealkylation sites (N-methyl/N-ethyl adjacent to an activating group) is 1. The van der Waals surface area contributed by atoms with Gasteiger partial charge < -0.3 is 19.8 Å². The standard InChI is InChI=1S/C18H25N3O3/c1-12(22)15-16(13-6-8-14(9-7-13)20(4)5)21(11-10-19(2)3)18(24)17(15)23/h6-9,16,23H,10-11H2,1-5H3. The number of rotatable bonds is 6. The van der Waals surface area contributed by atoms with E-state index in [0.29, 0.717) is 13.1 Å². The van der Waals surface area contributed by atoms with Crippen molar-refractivity contribution in [2.24, 2.45) is 0 Å². The number of aliphatic hydroxyl groups is 1. The largest absolute Gasteiger partial charge is 0.503 e. The van der Waals surface area contributed by atoms with Gasteiger partial charge in [0.05, 0.1) is 11.6 Å². The Hall–Kier alpha value is -2.34. The maximum atomic E-state index is 12.4. The molecule has 6 heteroatoms. The summed E-state index contributed by atoms with van der Waals surface area (Å²) < 4.78 is 0. The second-order valence-electron chi connectivity index (χ2n) is 6.51. The van der Waals surface area contributed by atoms with Crippen LogP contribution >= 0.6 is 0 Å². The molecule has 1 heterocycles. The Labute approximate surface area is 143 Å². The Kier molecular flexibility index (Phi) is 5.29. The maximum Gasteiger partial charge on any atom is 0.290 e. The minimum atomic E-state index is -0.536. The van der Waals surface area contributed by atoms with Crippen LogP contribution < -0.4 is 4.90 Å². The summed E-state index contributed by atoms with van der Waals surface area (Å²) in [7, 11) is 7.73. The van der Waals surface area contributed by atoms with E-state index in [1.165, 1.54) is 6.92 Å². The molecule has 1 unspecified atom stereocenters. The molecule has 0 spiro atoms. The molecular weight excluding hydrogens is 306 g/mol. The van der Waals surface area contributed by atoms with Crippen LogP contribution in [0.1, 0.15) is 18.5 Å². The van der Waals surface area contributed by atoms with Crippen molar-refractivity contribution in [2.45, 2.75) is 13.0 Å². The molecule has 1 aromatic rings. The molecule has 0 aromatic heterocycles. The molecule has 0 bridgehead atoms. The number of Topliss-reactive ketones (excluding diaryl/α,β-unsaturated/α-hetero) is 1. The van der Waals surface area contributed by atoms with Crippen LogP contribution in [0.2, 0.25) is 0 Å². The third-order valence-electron chi connectivity index (χ3n) is 4.20. The number of anilines is 1. The molecular formula is C18H25N3O3. The number of nitrogens with zero attached hydrogens (tertiary/aromatic N) is 3. The summed E-state index contributed by atoms with van der Waals surface area (Å²) in [6.07, 6.45) is 0. The van der Waals surface area contributed by atoms with Gasteiger partial charge in [0, 0.05) is 32.9 Å². The first kappa shape index (κ1) is 18.0. The normalized spacial score (nSPS) is 17.8. The van der Waals surface area contributed by atoms with Gasteiger partial charge in [0.15, 0.2) is 11.5 Å². The first-order chi connectivity index (χ1) is 11.2. The highest BCUT2D eigenvalue weighted by molar-refractivity contribution is 6.08. The molecule has 1 N–H and O–H groups in total. The zero-order chi connectivity index (χ0) is 18.0. The van der Waals surface area contributed by atoms with Crippen molar-refractivity contribution in [3.05, 3.63) is 41.2 Å². The second kappa shape index (κ2) is 7.05. The predicted octanol–water partition coefficient (Wildman–Crippen LogP) is 1.60. The van der Waals surface area contributed by atoms with E-state index in [0.717, 1.165) is 11.3 Å². The SMILES string of the molecule is CC(=O)C1=C(O)C(=O)N(CCN(C)C)C1c1ccc(N(C)C)cc1. The van der Waals surface area contributed by atoms with Crippen molar-refractivity contribution >= 4 is 17.4 Å². The van der Waals surface area contributed by atoms with Crippen molar-refractivity contribution in [3.63, 3.8) is 0 Å². The number of carbonyl (C=O) groups excluding carboxylic acids is 2. The minimum Gasteiger partial charge on any atom is -0.503 e. The quantitative estimate of drug-likeness (QED) is 0.858. The lowest BCUT2D eigenvalue weighted by Crippen LogP contribution is -2.36. The minimum absolute atomic E-state index is 0.177. The van der Waals surface area contributed by atoms with E-state index in [1.807, 2.05) is 62.3 Å². The Morgan fingerprint density at radius 2 is 1.75 bits per heavy atom. The first-order valence-electron chi connectivity index (χ1n) is 7.91. The summed E-state index contributed by atoms with van der Waals surface area (Å²) >= 11 is 0. The fraction of sp³-hybridized carbons (Fsp3) is 0.444. The summed E-state index contributed by atoms with van der Waals surface area (Å²) in [4.78, 5) is 30.0. The fourth-order valence-electron chi connectivity index (χ4n) is 2.85. The molecule has 2 rings (SSSR count). The molecule has 1 atom stereocenters. The third-order valence-corrected chi connectivity index (χ3v) is 4.20. The molecule has 0 radical (unpaired) electrons. The van der Waals surface area contributed by atoms with Gasteiger partial charge in [0.2, 0.25) is 0 Å². The lowest BCUT2D eigenvalue weighted by Gasteiger charge is -2.28. The Morgan fingerprint density at radius 3 is 2.21 bits per heavy atom. The van der Waals surface area contributed by atoms with E-state index in [9.17, 15) is 14.7 Å². The second-order valence-corrected chi connectivity index (χ2v) is 6.51. The summed E-state index contributed by atoms with van der Waals surface area (Å²) in [6.45, 7) is 2.47. The van der Waals surface area contributed by atoms with Crippen molar-refractivity contribution in [1.82, 2.24) is 9.80 Å². The van der Waals surface area contributed by atoms with Gasteiger partial charge in [-0.15, -0.1) is 0 Å². The molecule has 0 fully saturated rings. The van der Waals surface area contributed by atoms with E-state index in [1.54, 1.807) is 4.90 Å². The number of hydrogen-bond acceptors (Lipinski definition) is 5. The van der Waals surface area contributed by atoms with E-state index in [-0.39, 0.29) is 11.4 Å². The van der Waals surface area contributed by atoms with Crippen LogP contribution in [0.25, 0.3) is 0 Å². The summed E-state index contributed by atoms with van der Waals surface area (Å²) in [5.41, 5.74) is 2.03. The average Bonchev–Trinajstić information content (AvgIpc) is 2.77. The molecule has 0 saturated heterocycles. The molecule has 6 nitrogen and oxygen atoms in total. The van der Waals surface area contributed by atoms with Gasteiger partial charge in [-0.2, -0.15) is 0 Å². The zero-order valence-corrected chi connectivity index (χ0v) is 14.9. The fourth-order valence-corrected chi connectivity index (χ4v) is 2.85. The van der Waals surface area contributed by atoms with Crippen molar-refractivity contribution < 1.29 is 14.7 Å². The lowest BCUT2D eigenvalue weighted by molar-refractivity contribution is -0.129. The van der Waals surface area contributed by atoms with Crippen LogP contribution in [0.5, 0.6) is 0 Å². The van der Waals surface area contributed by atoms with Crippen LogP contribution in [0, 0.1) is 0 Å². The van der Waals surface area contributed by atoms with Gasteiger partial charge in [-0.3, -0.25) is 9.59 Å². The van der Waals surface area contributed by atoms with Gasteiger partial charge in [-0.25, -0.2) is 0 Å².